The lowest BCUT2D eigenvalue weighted by atomic mass is 10.3. The third-order valence-corrected chi connectivity index (χ3v) is 5.57. The fourth-order valence-electron chi connectivity index (χ4n) is 2.06. The first-order chi connectivity index (χ1) is 11.7. The Morgan fingerprint density at radius 2 is 1.50 bits per heavy atom. The van der Waals surface area contributed by atoms with Crippen LogP contribution in [0.2, 0.25) is 6.04 Å². The normalized spacial score (nSPS) is 11.0. The Bertz CT molecular complexity index is 287. The average Bonchev–Trinajstić information content (AvgIpc) is 2.60. The van der Waals surface area contributed by atoms with Crippen LogP contribution in [-0.4, -0.2) is 48.3 Å². The van der Waals surface area contributed by atoms with Gasteiger partial charge in [-0.15, -0.1) is 0 Å². The maximum atomic E-state index is 10.9. The second-order valence-corrected chi connectivity index (χ2v) is 7.81. The van der Waals surface area contributed by atoms with Gasteiger partial charge in [0.2, 0.25) is 0 Å². The largest absolute Gasteiger partial charge is 0.460 e. The summed E-state index contributed by atoms with van der Waals surface area (Å²) in [5.74, 6) is -0.410. The van der Waals surface area contributed by atoms with Gasteiger partial charge >= 0.3 is 15.3 Å². The summed E-state index contributed by atoms with van der Waals surface area (Å²) in [6.07, 6.45) is 9.14. The third kappa shape index (κ3) is 16.2. The molecule has 0 rings (SSSR count). The molecule has 0 N–H and O–H groups in total. The van der Waals surface area contributed by atoms with Crippen LogP contribution in [0.15, 0.2) is 12.7 Å². The molecule has 0 unspecified atom stereocenters. The molecule has 0 heterocycles. The predicted molar refractivity (Wildman–Crippen MR) is 99.5 cm³/mol. The molecular formula is C18H36O5Si. The second-order valence-electron chi connectivity index (χ2n) is 5.71. The van der Waals surface area contributed by atoms with E-state index in [9.17, 15) is 4.79 Å². The number of carbonyl (C=O) groups excluding carboxylic acids is 1. The minimum absolute atomic E-state index is 0.271. The average molecular weight is 361 g/mol. The predicted octanol–water partition coefficient (Wildman–Crippen LogP) is 3.76. The molecule has 0 aromatic rings. The number of rotatable bonds is 18. The molecule has 0 aliphatic heterocycles. The molecule has 0 bridgehead atoms. The van der Waals surface area contributed by atoms with Gasteiger partial charge in [-0.2, -0.15) is 0 Å². The summed E-state index contributed by atoms with van der Waals surface area (Å²) in [5.41, 5.74) is 0. The maximum absolute atomic E-state index is 10.9. The summed E-state index contributed by atoms with van der Waals surface area (Å²) in [5, 5.41) is 0. The van der Waals surface area contributed by atoms with E-state index in [4.69, 9.17) is 18.3 Å². The Hall–Kier alpha value is -0.693. The summed E-state index contributed by atoms with van der Waals surface area (Å²) >= 11 is 0. The lowest BCUT2D eigenvalue weighted by Crippen LogP contribution is -2.24. The zero-order chi connectivity index (χ0) is 17.9. The molecule has 0 aromatic carbocycles. The summed E-state index contributed by atoms with van der Waals surface area (Å²) < 4.78 is 22.3. The van der Waals surface area contributed by atoms with Gasteiger partial charge in [-0.05, 0) is 25.3 Å². The van der Waals surface area contributed by atoms with Crippen LogP contribution < -0.4 is 0 Å². The molecule has 0 atom stereocenters. The van der Waals surface area contributed by atoms with Gasteiger partial charge in [-0.1, -0.05) is 46.1 Å². The highest BCUT2D eigenvalue weighted by Gasteiger charge is 2.13. The van der Waals surface area contributed by atoms with E-state index in [1.54, 1.807) is 0 Å². The number of esters is 1. The monoisotopic (exact) mass is 360 g/mol. The van der Waals surface area contributed by atoms with Crippen LogP contribution >= 0.6 is 0 Å². The molecule has 0 amide bonds. The van der Waals surface area contributed by atoms with Gasteiger partial charge in [-0.25, -0.2) is 4.79 Å². The van der Waals surface area contributed by atoms with E-state index in [-0.39, 0.29) is 6.61 Å². The van der Waals surface area contributed by atoms with Crippen LogP contribution in [-0.2, 0) is 23.1 Å². The van der Waals surface area contributed by atoms with E-state index in [0.29, 0.717) is 13.2 Å². The SMILES string of the molecule is C=CC(=O)OCCOCCC[SiH](OCCCCC)OCCCCC. The Kier molecular flexibility index (Phi) is 18.1. The highest BCUT2D eigenvalue weighted by atomic mass is 28.3. The molecule has 0 fully saturated rings. The van der Waals surface area contributed by atoms with Crippen molar-refractivity contribution in [3.8, 4) is 0 Å². The molecule has 0 spiro atoms. The maximum Gasteiger partial charge on any atom is 0.330 e. The summed E-state index contributed by atoms with van der Waals surface area (Å²) in [4.78, 5) is 10.9. The quantitative estimate of drug-likeness (QED) is 0.161. The molecule has 0 aliphatic rings. The van der Waals surface area contributed by atoms with Crippen LogP contribution in [0.1, 0.15) is 58.8 Å². The first-order valence-corrected chi connectivity index (χ1v) is 11.1. The summed E-state index contributed by atoms with van der Waals surface area (Å²) in [7, 11) is -1.58. The summed E-state index contributed by atoms with van der Waals surface area (Å²) in [6, 6.07) is 0.963. The van der Waals surface area contributed by atoms with Crippen LogP contribution in [0, 0.1) is 0 Å². The van der Waals surface area contributed by atoms with Crippen molar-refractivity contribution in [1.29, 1.82) is 0 Å². The zero-order valence-electron chi connectivity index (χ0n) is 15.6. The van der Waals surface area contributed by atoms with Gasteiger partial charge in [0.1, 0.15) is 6.61 Å². The fraction of sp³-hybridized carbons (Fsp3) is 0.833. The first kappa shape index (κ1) is 23.3. The van der Waals surface area contributed by atoms with Gasteiger partial charge in [0.15, 0.2) is 0 Å². The van der Waals surface area contributed by atoms with Crippen LogP contribution in [0.25, 0.3) is 0 Å². The van der Waals surface area contributed by atoms with Gasteiger partial charge in [0, 0.05) is 25.9 Å². The number of hydrogen-bond acceptors (Lipinski definition) is 5. The van der Waals surface area contributed by atoms with Gasteiger partial charge in [0.05, 0.1) is 6.61 Å². The zero-order valence-corrected chi connectivity index (χ0v) is 16.8. The molecule has 5 nitrogen and oxygen atoms in total. The molecule has 0 aliphatic carbocycles. The van der Waals surface area contributed by atoms with Crippen molar-refractivity contribution in [2.24, 2.45) is 0 Å². The molecule has 142 valence electrons. The number of ether oxygens (including phenoxy) is 2. The van der Waals surface area contributed by atoms with E-state index >= 15 is 0 Å². The van der Waals surface area contributed by atoms with Crippen molar-refractivity contribution in [1.82, 2.24) is 0 Å². The minimum atomic E-state index is -1.58. The van der Waals surface area contributed by atoms with Gasteiger partial charge < -0.3 is 18.3 Å². The van der Waals surface area contributed by atoms with Gasteiger partial charge in [0.25, 0.3) is 0 Å². The highest BCUT2D eigenvalue weighted by molar-refractivity contribution is 6.44. The van der Waals surface area contributed by atoms with Crippen molar-refractivity contribution in [3.05, 3.63) is 12.7 Å². The van der Waals surface area contributed by atoms with E-state index in [0.717, 1.165) is 44.6 Å². The Morgan fingerprint density at radius 3 is 2.04 bits per heavy atom. The Balaban J connectivity index is 3.72. The summed E-state index contributed by atoms with van der Waals surface area (Å²) in [6.45, 7) is 10.7. The number of hydrogen-bond donors (Lipinski definition) is 0. The lowest BCUT2D eigenvalue weighted by Gasteiger charge is -2.17. The third-order valence-electron chi connectivity index (χ3n) is 3.47. The van der Waals surface area contributed by atoms with Crippen molar-refractivity contribution >= 4 is 15.3 Å². The molecule has 0 radical (unpaired) electrons. The highest BCUT2D eigenvalue weighted by Crippen LogP contribution is 2.06. The minimum Gasteiger partial charge on any atom is -0.460 e. The number of unbranched alkanes of at least 4 members (excludes halogenated alkanes) is 4. The molecule has 24 heavy (non-hydrogen) atoms. The first-order valence-electron chi connectivity index (χ1n) is 9.34. The van der Waals surface area contributed by atoms with Crippen LogP contribution in [0.5, 0.6) is 0 Å². The number of carbonyl (C=O) groups is 1. The lowest BCUT2D eigenvalue weighted by molar-refractivity contribution is -0.139. The van der Waals surface area contributed by atoms with Crippen LogP contribution in [0.4, 0.5) is 0 Å². The topological polar surface area (TPSA) is 54.0 Å². The second kappa shape index (κ2) is 18.6. The Morgan fingerprint density at radius 1 is 0.875 bits per heavy atom. The van der Waals surface area contributed by atoms with E-state index < -0.39 is 15.3 Å². The fourth-order valence-corrected chi connectivity index (χ4v) is 3.85. The van der Waals surface area contributed by atoms with Crippen molar-refractivity contribution in [3.63, 3.8) is 0 Å². The van der Waals surface area contributed by atoms with E-state index in [1.807, 2.05) is 0 Å². The molecule has 6 heteroatoms. The molecule has 0 aromatic heterocycles. The van der Waals surface area contributed by atoms with E-state index in [1.165, 1.54) is 25.7 Å². The Labute approximate surface area is 149 Å². The van der Waals surface area contributed by atoms with Gasteiger partial charge in [-0.3, -0.25) is 0 Å². The smallest absolute Gasteiger partial charge is 0.330 e. The molecule has 0 saturated carbocycles. The van der Waals surface area contributed by atoms with E-state index in [2.05, 4.69) is 20.4 Å². The van der Waals surface area contributed by atoms with Crippen molar-refractivity contribution in [2.45, 2.75) is 64.8 Å². The molecular weight excluding hydrogens is 324 g/mol. The standard InChI is InChI=1S/C18H36O5Si/c1-4-7-9-13-22-24(23-14-10-8-5-2)17-11-12-20-15-16-21-18(19)6-3/h6,24H,3-5,7-17H2,1-2H3. The van der Waals surface area contributed by atoms with Crippen molar-refractivity contribution in [2.75, 3.05) is 33.0 Å². The molecule has 0 saturated heterocycles. The van der Waals surface area contributed by atoms with Crippen LogP contribution in [0.3, 0.4) is 0 Å². The van der Waals surface area contributed by atoms with Crippen molar-refractivity contribution < 1.29 is 23.1 Å².